The van der Waals surface area contributed by atoms with Gasteiger partial charge in [-0.15, -0.1) is 0 Å². The van der Waals surface area contributed by atoms with E-state index in [1.165, 1.54) is 12.8 Å². The molecule has 0 heterocycles. The van der Waals surface area contributed by atoms with E-state index in [1.807, 2.05) is 0 Å². The first-order valence-corrected chi connectivity index (χ1v) is 6.38. The molecular formula is C15H22. The highest BCUT2D eigenvalue weighted by Gasteiger charge is 2.55. The maximum Gasteiger partial charge on any atom is 0.00110 e. The van der Waals surface area contributed by atoms with Crippen LogP contribution in [0.3, 0.4) is 0 Å². The summed E-state index contributed by atoms with van der Waals surface area (Å²) in [5.74, 6) is 4.11. The number of fused-ring (bicyclic) bond motifs is 2. The van der Waals surface area contributed by atoms with Crippen molar-refractivity contribution in [1.29, 1.82) is 0 Å². The van der Waals surface area contributed by atoms with Gasteiger partial charge in [-0.3, -0.25) is 0 Å². The molecule has 0 radical (unpaired) electrons. The molecule has 0 nitrogen and oxygen atoms in total. The fourth-order valence-corrected chi connectivity index (χ4v) is 4.09. The quantitative estimate of drug-likeness (QED) is 0.520. The molecule has 3 aliphatic carbocycles. The molecule has 1 unspecified atom stereocenters. The summed E-state index contributed by atoms with van der Waals surface area (Å²) in [7, 11) is 0. The normalized spacial score (nSPS) is 50.9. The van der Waals surface area contributed by atoms with Crippen molar-refractivity contribution in [3.63, 3.8) is 0 Å². The molecule has 3 rings (SSSR count). The van der Waals surface area contributed by atoms with Crippen LogP contribution in [0.5, 0.6) is 0 Å². The van der Waals surface area contributed by atoms with Crippen LogP contribution in [0.25, 0.3) is 0 Å². The maximum absolute atomic E-state index is 4.39. The summed E-state index contributed by atoms with van der Waals surface area (Å²) in [5.41, 5.74) is 2.10. The Morgan fingerprint density at radius 2 is 2.07 bits per heavy atom. The Balaban J connectivity index is 1.96. The second-order valence-corrected chi connectivity index (χ2v) is 6.65. The molecular weight excluding hydrogens is 180 g/mol. The summed E-state index contributed by atoms with van der Waals surface area (Å²) >= 11 is 0. The Hall–Kier alpha value is -0.520. The number of hydrogen-bond donors (Lipinski definition) is 0. The number of hydrogen-bond acceptors (Lipinski definition) is 0. The topological polar surface area (TPSA) is 0 Å². The van der Waals surface area contributed by atoms with Crippen LogP contribution in [-0.2, 0) is 0 Å². The largest absolute Gasteiger partial charge is 0.0990 e. The Morgan fingerprint density at radius 3 is 2.80 bits per heavy atom. The van der Waals surface area contributed by atoms with Crippen LogP contribution >= 0.6 is 0 Å². The SMILES string of the molecule is C=C1[C@@H]2C=CC(C)[C@H]2CC(C)(C)[C@H]2C[C@@H]12. The van der Waals surface area contributed by atoms with E-state index in [1.54, 1.807) is 5.57 Å². The fourth-order valence-electron chi connectivity index (χ4n) is 4.09. The van der Waals surface area contributed by atoms with Crippen molar-refractivity contribution in [3.8, 4) is 0 Å². The fraction of sp³-hybridized carbons (Fsp3) is 0.733. The number of allylic oxidation sites excluding steroid dienone is 3. The van der Waals surface area contributed by atoms with E-state index in [-0.39, 0.29) is 0 Å². The minimum Gasteiger partial charge on any atom is -0.0990 e. The van der Waals surface area contributed by atoms with E-state index in [0.717, 1.165) is 23.7 Å². The Labute approximate surface area is 93.5 Å². The van der Waals surface area contributed by atoms with Crippen LogP contribution in [0.1, 0.15) is 33.6 Å². The summed E-state index contributed by atoms with van der Waals surface area (Å²) in [6.45, 7) is 11.7. The van der Waals surface area contributed by atoms with Crippen LogP contribution in [-0.4, -0.2) is 0 Å². The van der Waals surface area contributed by atoms with Gasteiger partial charge >= 0.3 is 0 Å². The minimum absolute atomic E-state index is 0.549. The highest BCUT2D eigenvalue weighted by molar-refractivity contribution is 5.28. The summed E-state index contributed by atoms with van der Waals surface area (Å²) in [5, 5.41) is 0. The van der Waals surface area contributed by atoms with Gasteiger partial charge in [0.15, 0.2) is 0 Å². The molecule has 0 aromatic heterocycles. The predicted octanol–water partition coefficient (Wildman–Crippen LogP) is 4.05. The van der Waals surface area contributed by atoms with Crippen LogP contribution < -0.4 is 0 Å². The van der Waals surface area contributed by atoms with Crippen molar-refractivity contribution in [2.24, 2.45) is 35.0 Å². The lowest BCUT2D eigenvalue weighted by molar-refractivity contribution is 0.204. The zero-order valence-corrected chi connectivity index (χ0v) is 10.2. The Morgan fingerprint density at radius 1 is 1.33 bits per heavy atom. The minimum atomic E-state index is 0.549. The molecule has 0 aromatic carbocycles. The van der Waals surface area contributed by atoms with Crippen LogP contribution in [0.15, 0.2) is 24.3 Å². The molecule has 3 aliphatic rings. The highest BCUT2D eigenvalue weighted by atomic mass is 14.6. The predicted molar refractivity (Wildman–Crippen MR) is 64.4 cm³/mol. The lowest BCUT2D eigenvalue weighted by Crippen LogP contribution is -2.23. The molecule has 0 spiro atoms. The van der Waals surface area contributed by atoms with E-state index in [0.29, 0.717) is 11.3 Å². The van der Waals surface area contributed by atoms with Crippen LogP contribution in [0.4, 0.5) is 0 Å². The third-order valence-corrected chi connectivity index (χ3v) is 5.22. The Kier molecular flexibility index (Phi) is 1.80. The van der Waals surface area contributed by atoms with E-state index in [9.17, 15) is 0 Å². The van der Waals surface area contributed by atoms with Gasteiger partial charge in [-0.05, 0) is 41.9 Å². The smallest absolute Gasteiger partial charge is 0.00110 e. The van der Waals surface area contributed by atoms with Gasteiger partial charge < -0.3 is 0 Å². The first-order valence-electron chi connectivity index (χ1n) is 6.38. The lowest BCUT2D eigenvalue weighted by Gasteiger charge is -2.30. The summed E-state index contributed by atoms with van der Waals surface area (Å²) in [6.07, 6.45) is 7.66. The monoisotopic (exact) mass is 202 g/mol. The first-order chi connectivity index (χ1) is 7.00. The third kappa shape index (κ3) is 1.26. The molecule has 0 N–H and O–H groups in total. The van der Waals surface area contributed by atoms with Gasteiger partial charge in [0.25, 0.3) is 0 Å². The third-order valence-electron chi connectivity index (χ3n) is 5.22. The molecule has 82 valence electrons. The molecule has 2 saturated carbocycles. The highest BCUT2D eigenvalue weighted by Crippen LogP contribution is 2.63. The molecule has 15 heavy (non-hydrogen) atoms. The summed E-state index contributed by atoms with van der Waals surface area (Å²) in [6, 6.07) is 0. The van der Waals surface area contributed by atoms with E-state index < -0.39 is 0 Å². The van der Waals surface area contributed by atoms with Gasteiger partial charge in [-0.2, -0.15) is 0 Å². The molecule has 0 amide bonds. The van der Waals surface area contributed by atoms with Gasteiger partial charge in [-0.1, -0.05) is 45.1 Å². The second-order valence-electron chi connectivity index (χ2n) is 6.65. The zero-order valence-electron chi connectivity index (χ0n) is 10.2. The number of rotatable bonds is 0. The lowest BCUT2D eigenvalue weighted by atomic mass is 9.74. The van der Waals surface area contributed by atoms with Crippen molar-refractivity contribution >= 4 is 0 Å². The average molecular weight is 202 g/mol. The Bertz CT molecular complexity index is 334. The van der Waals surface area contributed by atoms with Crippen molar-refractivity contribution < 1.29 is 0 Å². The van der Waals surface area contributed by atoms with E-state index in [2.05, 4.69) is 39.5 Å². The molecule has 2 fully saturated rings. The summed E-state index contributed by atoms with van der Waals surface area (Å²) in [4.78, 5) is 0. The van der Waals surface area contributed by atoms with Crippen LogP contribution in [0.2, 0.25) is 0 Å². The molecule has 0 heteroatoms. The van der Waals surface area contributed by atoms with Crippen molar-refractivity contribution in [2.45, 2.75) is 33.6 Å². The summed E-state index contributed by atoms with van der Waals surface area (Å²) < 4.78 is 0. The molecule has 0 bridgehead atoms. The van der Waals surface area contributed by atoms with Gasteiger partial charge in [0.2, 0.25) is 0 Å². The van der Waals surface area contributed by atoms with Gasteiger partial charge in [0, 0.05) is 5.92 Å². The maximum atomic E-state index is 4.39. The van der Waals surface area contributed by atoms with Gasteiger partial charge in [-0.25, -0.2) is 0 Å². The van der Waals surface area contributed by atoms with Crippen molar-refractivity contribution in [2.75, 3.05) is 0 Å². The van der Waals surface area contributed by atoms with Crippen LogP contribution in [0, 0.1) is 35.0 Å². The van der Waals surface area contributed by atoms with Crippen molar-refractivity contribution in [1.82, 2.24) is 0 Å². The molecule has 5 atom stereocenters. The standard InChI is InChI=1S/C15H22/c1-9-5-6-11-10(2)12-7-14(12)15(3,4)8-13(9)11/h5-6,9,11-14H,2,7-8H2,1,3-4H3/t9?,11-,12-,13+,14-/m0/s1. The first kappa shape index (κ1) is 9.69. The molecule has 0 saturated heterocycles. The van der Waals surface area contributed by atoms with Gasteiger partial charge in [0.05, 0.1) is 0 Å². The van der Waals surface area contributed by atoms with E-state index in [4.69, 9.17) is 0 Å². The average Bonchev–Trinajstić information content (AvgIpc) is 2.89. The zero-order chi connectivity index (χ0) is 10.8. The van der Waals surface area contributed by atoms with Gasteiger partial charge in [0.1, 0.15) is 0 Å². The molecule has 0 aliphatic heterocycles. The second kappa shape index (κ2) is 2.78. The molecule has 0 aromatic rings. The van der Waals surface area contributed by atoms with E-state index >= 15 is 0 Å². The van der Waals surface area contributed by atoms with Crippen molar-refractivity contribution in [3.05, 3.63) is 24.3 Å².